The van der Waals surface area contributed by atoms with Crippen molar-refractivity contribution in [2.45, 2.75) is 41.0 Å². The normalized spacial score (nSPS) is 9.82. The van der Waals surface area contributed by atoms with Crippen molar-refractivity contribution in [2.24, 2.45) is 11.8 Å². The van der Waals surface area contributed by atoms with Crippen LogP contribution >= 0.6 is 0 Å². The molecule has 0 heterocycles. The Morgan fingerprint density at radius 1 is 1.00 bits per heavy atom. The average molecular weight is 159 g/mol. The third kappa shape index (κ3) is 17.8. The number of rotatable bonds is 3. The molecule has 0 bridgehead atoms. The van der Waals surface area contributed by atoms with Gasteiger partial charge in [-0.3, -0.25) is 0 Å². The molecule has 0 spiro atoms. The molecule has 1 heteroatoms. The summed E-state index contributed by atoms with van der Waals surface area (Å²) in [5, 5.41) is 3.02. The molecule has 0 fully saturated rings. The summed E-state index contributed by atoms with van der Waals surface area (Å²) < 4.78 is 0. The summed E-state index contributed by atoms with van der Waals surface area (Å²) in [6.45, 7) is 12.3. The average Bonchev–Trinajstić information content (AvgIpc) is 1.90. The van der Waals surface area contributed by atoms with Gasteiger partial charge >= 0.3 is 0 Å². The van der Waals surface area contributed by atoms with Crippen molar-refractivity contribution in [1.29, 1.82) is 0 Å². The fraction of sp³-hybridized carbons (Fsp3) is 1.00. The third-order valence-electron chi connectivity index (χ3n) is 1.83. The van der Waals surface area contributed by atoms with Crippen LogP contribution in [0, 0.1) is 11.8 Å². The maximum atomic E-state index is 3.02. The zero-order valence-corrected chi connectivity index (χ0v) is 9.07. The minimum Gasteiger partial charge on any atom is -0.320 e. The molecule has 0 aromatic rings. The standard InChI is InChI=1S/C6H14.C4H11N/c1-5(2)6(3)4;1-3-4-5-2/h5-6H,1-4H3;5H,3-4H2,1-2H3. The van der Waals surface area contributed by atoms with Gasteiger partial charge in [0.1, 0.15) is 0 Å². The lowest BCUT2D eigenvalue weighted by Crippen LogP contribution is -2.04. The van der Waals surface area contributed by atoms with Gasteiger partial charge < -0.3 is 5.32 Å². The van der Waals surface area contributed by atoms with E-state index >= 15 is 0 Å². The van der Waals surface area contributed by atoms with Crippen LogP contribution in [0.4, 0.5) is 0 Å². The molecule has 0 rings (SSSR count). The van der Waals surface area contributed by atoms with E-state index in [2.05, 4.69) is 39.9 Å². The Kier molecular flexibility index (Phi) is 12.3. The highest BCUT2D eigenvalue weighted by atomic mass is 14.8. The number of hydrogen-bond acceptors (Lipinski definition) is 1. The predicted molar refractivity (Wildman–Crippen MR) is 53.9 cm³/mol. The van der Waals surface area contributed by atoms with Crippen LogP contribution in [-0.4, -0.2) is 13.6 Å². The summed E-state index contributed by atoms with van der Waals surface area (Å²) >= 11 is 0. The van der Waals surface area contributed by atoms with Gasteiger partial charge in [0, 0.05) is 0 Å². The van der Waals surface area contributed by atoms with Gasteiger partial charge in [0.05, 0.1) is 0 Å². The SMILES string of the molecule is CC(C)C(C)C.CCCNC. The molecule has 0 amide bonds. The van der Waals surface area contributed by atoms with E-state index in [1.807, 2.05) is 7.05 Å². The fourth-order valence-electron chi connectivity index (χ4n) is 0.250. The zero-order chi connectivity index (χ0) is 9.28. The summed E-state index contributed by atoms with van der Waals surface area (Å²) in [6, 6.07) is 0. The highest BCUT2D eigenvalue weighted by Crippen LogP contribution is 2.05. The van der Waals surface area contributed by atoms with E-state index in [4.69, 9.17) is 0 Å². The van der Waals surface area contributed by atoms with Crippen molar-refractivity contribution < 1.29 is 0 Å². The lowest BCUT2D eigenvalue weighted by atomic mass is 10.0. The molecular formula is C10H25N. The van der Waals surface area contributed by atoms with E-state index in [0.717, 1.165) is 18.4 Å². The van der Waals surface area contributed by atoms with Crippen LogP contribution in [-0.2, 0) is 0 Å². The minimum absolute atomic E-state index is 0.852. The molecule has 0 radical (unpaired) electrons. The molecule has 0 saturated heterocycles. The van der Waals surface area contributed by atoms with Crippen LogP contribution in [0.5, 0.6) is 0 Å². The molecule has 0 aliphatic rings. The minimum atomic E-state index is 0.852. The topological polar surface area (TPSA) is 12.0 Å². The first kappa shape index (κ1) is 13.5. The molecule has 1 N–H and O–H groups in total. The van der Waals surface area contributed by atoms with Crippen LogP contribution in [0.1, 0.15) is 41.0 Å². The van der Waals surface area contributed by atoms with E-state index in [1.54, 1.807) is 0 Å². The first-order valence-electron chi connectivity index (χ1n) is 4.70. The molecular weight excluding hydrogens is 134 g/mol. The summed E-state index contributed by atoms with van der Waals surface area (Å²) in [4.78, 5) is 0. The van der Waals surface area contributed by atoms with E-state index in [0.29, 0.717) is 0 Å². The largest absolute Gasteiger partial charge is 0.320 e. The smallest absolute Gasteiger partial charge is 0.00546 e. The monoisotopic (exact) mass is 159 g/mol. The van der Waals surface area contributed by atoms with E-state index in [1.165, 1.54) is 6.42 Å². The molecule has 70 valence electrons. The molecule has 0 atom stereocenters. The molecule has 1 nitrogen and oxygen atoms in total. The summed E-state index contributed by atoms with van der Waals surface area (Å²) in [5.41, 5.74) is 0. The Labute approximate surface area is 72.6 Å². The van der Waals surface area contributed by atoms with Crippen LogP contribution in [0.3, 0.4) is 0 Å². The maximum absolute atomic E-state index is 3.02. The Morgan fingerprint density at radius 2 is 1.36 bits per heavy atom. The molecule has 0 unspecified atom stereocenters. The summed E-state index contributed by atoms with van der Waals surface area (Å²) in [6.07, 6.45) is 1.23. The molecule has 0 aromatic carbocycles. The summed E-state index contributed by atoms with van der Waals surface area (Å²) in [7, 11) is 1.96. The number of nitrogens with one attached hydrogen (secondary N) is 1. The van der Waals surface area contributed by atoms with Crippen LogP contribution in [0.25, 0.3) is 0 Å². The van der Waals surface area contributed by atoms with Crippen LogP contribution < -0.4 is 5.32 Å². The van der Waals surface area contributed by atoms with E-state index in [-0.39, 0.29) is 0 Å². The molecule has 0 saturated carbocycles. The maximum Gasteiger partial charge on any atom is -0.00546 e. The van der Waals surface area contributed by atoms with Crippen LogP contribution in [0.15, 0.2) is 0 Å². The zero-order valence-electron chi connectivity index (χ0n) is 9.07. The first-order chi connectivity index (χ1) is 5.06. The highest BCUT2D eigenvalue weighted by molar-refractivity contribution is 4.46. The molecule has 0 aromatic heterocycles. The second-order valence-electron chi connectivity index (χ2n) is 3.59. The second kappa shape index (κ2) is 9.96. The van der Waals surface area contributed by atoms with Crippen molar-refractivity contribution in [3.63, 3.8) is 0 Å². The van der Waals surface area contributed by atoms with Gasteiger partial charge in [-0.2, -0.15) is 0 Å². The van der Waals surface area contributed by atoms with Crippen LogP contribution in [0.2, 0.25) is 0 Å². The Balaban J connectivity index is 0. The Hall–Kier alpha value is -0.0400. The third-order valence-corrected chi connectivity index (χ3v) is 1.83. The lowest BCUT2D eigenvalue weighted by molar-refractivity contribution is 0.457. The Morgan fingerprint density at radius 3 is 1.36 bits per heavy atom. The Bertz CT molecular complexity index is 49.9. The van der Waals surface area contributed by atoms with Crippen molar-refractivity contribution in [1.82, 2.24) is 5.32 Å². The number of hydrogen-bond donors (Lipinski definition) is 1. The quantitative estimate of drug-likeness (QED) is 0.667. The molecule has 0 aliphatic heterocycles. The van der Waals surface area contributed by atoms with Crippen molar-refractivity contribution >= 4 is 0 Å². The molecule has 11 heavy (non-hydrogen) atoms. The highest BCUT2D eigenvalue weighted by Gasteiger charge is 1.95. The molecule has 0 aliphatic carbocycles. The van der Waals surface area contributed by atoms with Gasteiger partial charge in [-0.05, 0) is 31.8 Å². The summed E-state index contributed by atoms with van der Waals surface area (Å²) in [5.74, 6) is 1.70. The predicted octanol–water partition coefficient (Wildman–Crippen LogP) is 2.91. The van der Waals surface area contributed by atoms with Gasteiger partial charge in [0.2, 0.25) is 0 Å². The van der Waals surface area contributed by atoms with Gasteiger partial charge in [-0.1, -0.05) is 34.6 Å². The first-order valence-corrected chi connectivity index (χ1v) is 4.70. The van der Waals surface area contributed by atoms with E-state index in [9.17, 15) is 0 Å². The van der Waals surface area contributed by atoms with Crippen molar-refractivity contribution in [3.8, 4) is 0 Å². The van der Waals surface area contributed by atoms with Gasteiger partial charge in [0.15, 0.2) is 0 Å². The van der Waals surface area contributed by atoms with Crippen molar-refractivity contribution in [2.75, 3.05) is 13.6 Å². The van der Waals surface area contributed by atoms with E-state index < -0.39 is 0 Å². The van der Waals surface area contributed by atoms with Gasteiger partial charge in [-0.15, -0.1) is 0 Å². The lowest BCUT2D eigenvalue weighted by Gasteiger charge is -2.05. The second-order valence-corrected chi connectivity index (χ2v) is 3.59. The van der Waals surface area contributed by atoms with Gasteiger partial charge in [0.25, 0.3) is 0 Å². The fourth-order valence-corrected chi connectivity index (χ4v) is 0.250. The van der Waals surface area contributed by atoms with Gasteiger partial charge in [-0.25, -0.2) is 0 Å². The van der Waals surface area contributed by atoms with Crippen molar-refractivity contribution in [3.05, 3.63) is 0 Å².